The van der Waals surface area contributed by atoms with Gasteiger partial charge in [-0.15, -0.1) is 0 Å². The van der Waals surface area contributed by atoms with Crippen LogP contribution in [0.1, 0.15) is 51.5 Å². The molecule has 8 nitrogen and oxygen atoms in total. The number of hydrogen-bond acceptors (Lipinski definition) is 5. The zero-order chi connectivity index (χ0) is 22.5. The van der Waals surface area contributed by atoms with Crippen LogP contribution in [-0.2, 0) is 19.6 Å². The van der Waals surface area contributed by atoms with Crippen molar-refractivity contribution in [1.29, 1.82) is 0 Å². The fourth-order valence-corrected chi connectivity index (χ4v) is 5.29. The van der Waals surface area contributed by atoms with Gasteiger partial charge in [-0.05, 0) is 37.3 Å². The molecule has 1 fully saturated rings. The first-order valence-corrected chi connectivity index (χ1v) is 11.8. The van der Waals surface area contributed by atoms with Crippen LogP contribution in [0.5, 0.6) is 5.75 Å². The number of nitrogens with one attached hydrogen (secondary N) is 2. The van der Waals surface area contributed by atoms with Gasteiger partial charge in [0.1, 0.15) is 16.7 Å². The molecule has 0 bridgehead atoms. The molecule has 10 heteroatoms. The molecule has 2 rings (SSSR count). The van der Waals surface area contributed by atoms with Gasteiger partial charge in [-0.3, -0.25) is 9.59 Å². The minimum absolute atomic E-state index is 0.0631. The first kappa shape index (κ1) is 24.4. The molecular weight excluding hydrogens is 432 g/mol. The molecule has 0 radical (unpaired) electrons. The highest BCUT2D eigenvalue weighted by Crippen LogP contribution is 2.30. The molecule has 1 saturated carbocycles. The van der Waals surface area contributed by atoms with Crippen molar-refractivity contribution in [3.63, 3.8) is 0 Å². The van der Waals surface area contributed by atoms with Gasteiger partial charge in [-0.1, -0.05) is 44.7 Å². The molecule has 1 atom stereocenters. The SMILES string of the molecule is Cc1cc(Cl)c(S(=O)(=O)N[C@H](C(=O)O)C(C)C)cc1OCC(=O)NC1CCCCC1. The van der Waals surface area contributed by atoms with E-state index in [2.05, 4.69) is 10.0 Å². The fraction of sp³-hybridized carbons (Fsp3) is 0.600. The highest BCUT2D eigenvalue weighted by atomic mass is 35.5. The Morgan fingerprint density at radius 1 is 1.23 bits per heavy atom. The van der Waals surface area contributed by atoms with E-state index in [1.54, 1.807) is 20.8 Å². The number of halogens is 1. The summed E-state index contributed by atoms with van der Waals surface area (Å²) in [5.41, 5.74) is 0.558. The number of hydrogen-bond donors (Lipinski definition) is 3. The summed E-state index contributed by atoms with van der Waals surface area (Å²) in [6.45, 7) is 4.61. The molecule has 30 heavy (non-hydrogen) atoms. The minimum Gasteiger partial charge on any atom is -0.483 e. The van der Waals surface area contributed by atoms with Gasteiger partial charge < -0.3 is 15.2 Å². The normalized spacial score (nSPS) is 16.3. The van der Waals surface area contributed by atoms with E-state index in [9.17, 15) is 23.1 Å². The molecular formula is C20H29ClN2O6S. The average Bonchev–Trinajstić information content (AvgIpc) is 2.65. The van der Waals surface area contributed by atoms with Gasteiger partial charge >= 0.3 is 5.97 Å². The number of carbonyl (C=O) groups excluding carboxylic acids is 1. The first-order chi connectivity index (χ1) is 14.0. The van der Waals surface area contributed by atoms with Crippen molar-refractivity contribution in [2.75, 3.05) is 6.61 Å². The van der Waals surface area contributed by atoms with E-state index in [4.69, 9.17) is 16.3 Å². The number of carboxylic acid groups (broad SMARTS) is 1. The van der Waals surface area contributed by atoms with Crippen LogP contribution >= 0.6 is 11.6 Å². The highest BCUT2D eigenvalue weighted by molar-refractivity contribution is 7.89. The van der Waals surface area contributed by atoms with Crippen molar-refractivity contribution in [2.45, 2.75) is 69.9 Å². The van der Waals surface area contributed by atoms with E-state index in [0.29, 0.717) is 5.56 Å². The van der Waals surface area contributed by atoms with Gasteiger partial charge in [0.2, 0.25) is 10.0 Å². The zero-order valence-corrected chi connectivity index (χ0v) is 19.0. The Morgan fingerprint density at radius 2 is 1.87 bits per heavy atom. The number of sulfonamides is 1. The Bertz CT molecular complexity index is 882. The van der Waals surface area contributed by atoms with Crippen LogP contribution in [0.3, 0.4) is 0 Å². The Balaban J connectivity index is 2.14. The van der Waals surface area contributed by atoms with E-state index in [0.717, 1.165) is 25.7 Å². The summed E-state index contributed by atoms with van der Waals surface area (Å²) in [7, 11) is -4.22. The summed E-state index contributed by atoms with van der Waals surface area (Å²) in [6.07, 6.45) is 5.24. The Labute approximate surface area is 182 Å². The van der Waals surface area contributed by atoms with Crippen LogP contribution in [0.15, 0.2) is 17.0 Å². The van der Waals surface area contributed by atoms with Crippen molar-refractivity contribution < 1.29 is 27.9 Å². The summed E-state index contributed by atoms with van der Waals surface area (Å²) in [4.78, 5) is 23.2. The first-order valence-electron chi connectivity index (χ1n) is 9.98. The number of aryl methyl sites for hydroxylation is 1. The second-order valence-corrected chi connectivity index (χ2v) is 10.0. The summed E-state index contributed by atoms with van der Waals surface area (Å²) < 4.78 is 33.2. The molecule has 0 heterocycles. The van der Waals surface area contributed by atoms with E-state index >= 15 is 0 Å². The lowest BCUT2D eigenvalue weighted by molar-refractivity contribution is -0.140. The van der Waals surface area contributed by atoms with Crippen LogP contribution in [0, 0.1) is 12.8 Å². The lowest BCUT2D eigenvalue weighted by Crippen LogP contribution is -2.44. The Kier molecular flexibility index (Phi) is 8.52. The van der Waals surface area contributed by atoms with Gasteiger partial charge in [0.25, 0.3) is 5.91 Å². The molecule has 1 amide bonds. The third-order valence-corrected chi connectivity index (χ3v) is 6.97. The standard InChI is InChI=1S/C20H29ClN2O6S/c1-12(2)19(20(25)26)23-30(27,28)17-10-16(13(3)9-15(17)21)29-11-18(24)22-14-7-5-4-6-8-14/h9-10,12,14,19,23H,4-8,11H2,1-3H3,(H,22,24)(H,25,26)/t19-/m0/s1. The number of ether oxygens (including phenoxy) is 1. The maximum absolute atomic E-state index is 12.7. The molecule has 0 spiro atoms. The largest absolute Gasteiger partial charge is 0.483 e. The number of aliphatic carboxylic acids is 1. The second kappa shape index (κ2) is 10.5. The van der Waals surface area contributed by atoms with Crippen LogP contribution in [0.2, 0.25) is 5.02 Å². The summed E-state index contributed by atoms with van der Waals surface area (Å²) in [5, 5.41) is 12.1. The van der Waals surface area contributed by atoms with E-state index in [-0.39, 0.29) is 34.2 Å². The van der Waals surface area contributed by atoms with Gasteiger partial charge in [0, 0.05) is 12.1 Å². The molecule has 3 N–H and O–H groups in total. The van der Waals surface area contributed by atoms with Crippen molar-refractivity contribution >= 4 is 33.5 Å². The maximum atomic E-state index is 12.7. The van der Waals surface area contributed by atoms with Crippen molar-refractivity contribution in [2.24, 2.45) is 5.92 Å². The third-order valence-electron chi connectivity index (χ3n) is 5.06. The van der Waals surface area contributed by atoms with Gasteiger partial charge in [-0.25, -0.2) is 8.42 Å². The van der Waals surface area contributed by atoms with E-state index < -0.39 is 28.0 Å². The van der Waals surface area contributed by atoms with Gasteiger partial charge in [0.05, 0.1) is 5.02 Å². The van der Waals surface area contributed by atoms with Crippen molar-refractivity contribution in [1.82, 2.24) is 10.0 Å². The van der Waals surface area contributed by atoms with E-state index in [1.165, 1.54) is 18.6 Å². The Hall–Kier alpha value is -1.84. The van der Waals surface area contributed by atoms with Crippen LogP contribution in [-0.4, -0.2) is 44.1 Å². The molecule has 168 valence electrons. The predicted molar refractivity (Wildman–Crippen MR) is 113 cm³/mol. The molecule has 1 aromatic rings. The third kappa shape index (κ3) is 6.58. The predicted octanol–water partition coefficient (Wildman–Crippen LogP) is 2.86. The molecule has 1 aliphatic rings. The number of rotatable bonds is 9. The molecule has 0 unspecified atom stereocenters. The number of benzene rings is 1. The molecule has 0 aromatic heterocycles. The summed E-state index contributed by atoms with van der Waals surface area (Å²) >= 11 is 6.12. The quantitative estimate of drug-likeness (QED) is 0.520. The molecule has 1 aliphatic carbocycles. The van der Waals surface area contributed by atoms with Crippen molar-refractivity contribution in [3.8, 4) is 5.75 Å². The Morgan fingerprint density at radius 3 is 2.43 bits per heavy atom. The maximum Gasteiger partial charge on any atom is 0.322 e. The lowest BCUT2D eigenvalue weighted by atomic mass is 9.95. The van der Waals surface area contributed by atoms with E-state index in [1.807, 2.05) is 0 Å². The van der Waals surface area contributed by atoms with Crippen LogP contribution < -0.4 is 14.8 Å². The smallest absolute Gasteiger partial charge is 0.322 e. The fourth-order valence-electron chi connectivity index (χ4n) is 3.36. The lowest BCUT2D eigenvalue weighted by Gasteiger charge is -2.23. The highest BCUT2D eigenvalue weighted by Gasteiger charge is 2.30. The molecule has 0 aliphatic heterocycles. The zero-order valence-electron chi connectivity index (χ0n) is 17.4. The average molecular weight is 461 g/mol. The van der Waals surface area contributed by atoms with Crippen molar-refractivity contribution in [3.05, 3.63) is 22.7 Å². The van der Waals surface area contributed by atoms with Gasteiger partial charge in [-0.2, -0.15) is 4.72 Å². The summed E-state index contributed by atoms with van der Waals surface area (Å²) in [5.74, 6) is -1.84. The number of amides is 1. The number of carboxylic acids is 1. The topological polar surface area (TPSA) is 122 Å². The molecule has 1 aromatic carbocycles. The van der Waals surface area contributed by atoms with Crippen LogP contribution in [0.4, 0.5) is 0 Å². The number of carbonyl (C=O) groups is 2. The minimum atomic E-state index is -4.22. The monoisotopic (exact) mass is 460 g/mol. The van der Waals surface area contributed by atoms with Crippen LogP contribution in [0.25, 0.3) is 0 Å². The second-order valence-electron chi connectivity index (χ2n) is 7.92. The van der Waals surface area contributed by atoms with Gasteiger partial charge in [0.15, 0.2) is 6.61 Å². The summed E-state index contributed by atoms with van der Waals surface area (Å²) in [6, 6.07) is 1.46. The molecule has 0 saturated heterocycles.